The molecule has 0 unspecified atom stereocenters. The van der Waals surface area contributed by atoms with Crippen molar-refractivity contribution in [3.63, 3.8) is 0 Å². The molecule has 1 aliphatic rings. The fourth-order valence-corrected chi connectivity index (χ4v) is 4.12. The average Bonchev–Trinajstić information content (AvgIpc) is 2.84. The van der Waals surface area contributed by atoms with Crippen LogP contribution < -0.4 is 0 Å². The summed E-state index contributed by atoms with van der Waals surface area (Å²) in [6, 6.07) is 0. The van der Waals surface area contributed by atoms with E-state index in [-0.39, 0.29) is 0 Å². The lowest BCUT2D eigenvalue weighted by molar-refractivity contribution is 0.324. The molecule has 0 heterocycles. The van der Waals surface area contributed by atoms with E-state index in [2.05, 4.69) is 47.4 Å². The van der Waals surface area contributed by atoms with Crippen molar-refractivity contribution in [2.75, 3.05) is 0 Å². The first-order valence-electron chi connectivity index (χ1n) is 6.06. The zero-order valence-electron chi connectivity index (χ0n) is 11.2. The zero-order valence-corrected chi connectivity index (χ0v) is 12.2. The van der Waals surface area contributed by atoms with Gasteiger partial charge in [0.15, 0.2) is 0 Å². The van der Waals surface area contributed by atoms with Crippen molar-refractivity contribution in [1.82, 2.24) is 0 Å². The van der Waals surface area contributed by atoms with Gasteiger partial charge in [0.1, 0.15) is 0 Å². The number of allylic oxidation sites excluding steroid dienone is 1. The summed E-state index contributed by atoms with van der Waals surface area (Å²) < 4.78 is 6.23. The normalized spacial score (nSPS) is 18.1. The highest BCUT2D eigenvalue weighted by atomic mass is 28.4. The fraction of sp³-hybridized carbons (Fsp3) is 0.846. The van der Waals surface area contributed by atoms with E-state index in [0.717, 1.165) is 5.76 Å². The Morgan fingerprint density at radius 2 is 1.80 bits per heavy atom. The van der Waals surface area contributed by atoms with E-state index in [0.29, 0.717) is 16.9 Å². The summed E-state index contributed by atoms with van der Waals surface area (Å²) in [7, 11) is -1.68. The molecule has 0 aromatic rings. The van der Waals surface area contributed by atoms with Gasteiger partial charge in [-0.3, -0.25) is 0 Å². The van der Waals surface area contributed by atoms with Gasteiger partial charge in [-0.1, -0.05) is 34.3 Å². The Bertz CT molecular complexity index is 249. The Labute approximate surface area is 96.0 Å². The van der Waals surface area contributed by atoms with Crippen molar-refractivity contribution in [3.8, 4) is 0 Å². The van der Waals surface area contributed by atoms with E-state index in [1.807, 2.05) is 0 Å². The van der Waals surface area contributed by atoms with Gasteiger partial charge in [0.2, 0.25) is 0 Å². The van der Waals surface area contributed by atoms with Crippen LogP contribution in [0.2, 0.25) is 18.1 Å². The van der Waals surface area contributed by atoms with Crippen LogP contribution in [0.3, 0.4) is 0 Å². The molecule has 0 aromatic heterocycles. The lowest BCUT2D eigenvalue weighted by Gasteiger charge is -2.43. The lowest BCUT2D eigenvalue weighted by Crippen LogP contribution is -2.45. The monoisotopic (exact) mass is 226 g/mol. The first-order valence-corrected chi connectivity index (χ1v) is 8.97. The molecule has 0 saturated heterocycles. The van der Waals surface area contributed by atoms with Gasteiger partial charge < -0.3 is 4.43 Å². The Kier molecular flexibility index (Phi) is 3.39. The molecule has 0 amide bonds. The Balaban J connectivity index is 2.67. The molecule has 88 valence electrons. The molecule has 0 aliphatic heterocycles. The van der Waals surface area contributed by atoms with Gasteiger partial charge in [-0.05, 0) is 36.9 Å². The molecule has 2 heteroatoms. The van der Waals surface area contributed by atoms with Crippen molar-refractivity contribution in [2.24, 2.45) is 11.8 Å². The van der Waals surface area contributed by atoms with E-state index in [4.69, 9.17) is 4.43 Å². The van der Waals surface area contributed by atoms with Crippen LogP contribution in [-0.2, 0) is 4.43 Å². The number of hydrogen-bond acceptors (Lipinski definition) is 1. The third-order valence-electron chi connectivity index (χ3n) is 4.41. The standard InChI is InChI=1S/C13H26OSi/c1-10(2)13(4,5)15(6,7)14-11(3)12-8-9-12/h10,12H,3,8-9H2,1-2,4-7H3. The Hall–Kier alpha value is -0.243. The van der Waals surface area contributed by atoms with Crippen LogP contribution in [0.25, 0.3) is 0 Å². The summed E-state index contributed by atoms with van der Waals surface area (Å²) in [5.41, 5.74) is 0. The van der Waals surface area contributed by atoms with E-state index in [1.165, 1.54) is 12.8 Å². The van der Waals surface area contributed by atoms with Gasteiger partial charge in [-0.25, -0.2) is 0 Å². The van der Waals surface area contributed by atoms with Crippen LogP contribution in [0, 0.1) is 11.8 Å². The molecule has 0 bridgehead atoms. The second kappa shape index (κ2) is 3.97. The maximum absolute atomic E-state index is 6.23. The summed E-state index contributed by atoms with van der Waals surface area (Å²) in [5.74, 6) is 2.38. The highest BCUT2D eigenvalue weighted by Gasteiger charge is 2.46. The molecule has 1 nitrogen and oxygen atoms in total. The summed E-state index contributed by atoms with van der Waals surface area (Å²) in [6.07, 6.45) is 2.57. The lowest BCUT2D eigenvalue weighted by atomic mass is 9.99. The van der Waals surface area contributed by atoms with Gasteiger partial charge in [0.25, 0.3) is 8.32 Å². The van der Waals surface area contributed by atoms with Crippen molar-refractivity contribution in [1.29, 1.82) is 0 Å². The Morgan fingerprint density at radius 1 is 1.33 bits per heavy atom. The van der Waals surface area contributed by atoms with E-state index < -0.39 is 8.32 Å². The minimum absolute atomic E-state index is 0.296. The van der Waals surface area contributed by atoms with Crippen LogP contribution in [0.1, 0.15) is 40.5 Å². The summed E-state index contributed by atoms with van der Waals surface area (Å²) in [5, 5.41) is 0.296. The smallest absolute Gasteiger partial charge is 0.250 e. The van der Waals surface area contributed by atoms with Crippen molar-refractivity contribution >= 4 is 8.32 Å². The molecule has 1 rings (SSSR count). The fourth-order valence-electron chi connectivity index (χ4n) is 1.64. The summed E-state index contributed by atoms with van der Waals surface area (Å²) in [6.45, 7) is 18.0. The van der Waals surface area contributed by atoms with Crippen LogP contribution in [0.4, 0.5) is 0 Å². The van der Waals surface area contributed by atoms with Gasteiger partial charge in [-0.2, -0.15) is 0 Å². The second-order valence-corrected chi connectivity index (χ2v) is 10.7. The Morgan fingerprint density at radius 3 is 2.13 bits per heavy atom. The molecule has 0 N–H and O–H groups in total. The summed E-state index contributed by atoms with van der Waals surface area (Å²) >= 11 is 0. The minimum atomic E-state index is -1.68. The molecular formula is C13H26OSi. The minimum Gasteiger partial charge on any atom is -0.547 e. The molecular weight excluding hydrogens is 200 g/mol. The highest BCUT2D eigenvalue weighted by molar-refractivity contribution is 6.74. The van der Waals surface area contributed by atoms with Gasteiger partial charge >= 0.3 is 0 Å². The predicted molar refractivity (Wildman–Crippen MR) is 69.3 cm³/mol. The third-order valence-corrected chi connectivity index (χ3v) is 8.87. The maximum atomic E-state index is 6.23. The largest absolute Gasteiger partial charge is 0.547 e. The van der Waals surface area contributed by atoms with Crippen molar-refractivity contribution in [2.45, 2.75) is 58.7 Å². The number of rotatable bonds is 5. The molecule has 15 heavy (non-hydrogen) atoms. The molecule has 1 saturated carbocycles. The van der Waals surface area contributed by atoms with E-state index in [9.17, 15) is 0 Å². The van der Waals surface area contributed by atoms with E-state index in [1.54, 1.807) is 0 Å². The first-order chi connectivity index (χ1) is 6.68. The SMILES string of the molecule is C=C(O[Si](C)(C)C(C)(C)C(C)C)C1CC1. The molecule has 1 fully saturated rings. The van der Waals surface area contributed by atoms with Crippen molar-refractivity contribution in [3.05, 3.63) is 12.3 Å². The predicted octanol–water partition coefficient (Wildman–Crippen LogP) is 4.57. The summed E-state index contributed by atoms with van der Waals surface area (Å²) in [4.78, 5) is 0. The number of hydrogen-bond donors (Lipinski definition) is 0. The van der Waals surface area contributed by atoms with Crippen LogP contribution in [0.5, 0.6) is 0 Å². The maximum Gasteiger partial charge on any atom is 0.250 e. The van der Waals surface area contributed by atoms with Gasteiger partial charge in [0.05, 0.1) is 5.76 Å². The average molecular weight is 226 g/mol. The molecule has 0 radical (unpaired) electrons. The van der Waals surface area contributed by atoms with E-state index >= 15 is 0 Å². The molecule has 1 aliphatic carbocycles. The second-order valence-electron chi connectivity index (χ2n) is 6.23. The topological polar surface area (TPSA) is 9.23 Å². The molecule has 0 aromatic carbocycles. The van der Waals surface area contributed by atoms with Gasteiger partial charge in [0, 0.05) is 5.92 Å². The van der Waals surface area contributed by atoms with Crippen LogP contribution in [-0.4, -0.2) is 8.32 Å². The van der Waals surface area contributed by atoms with Gasteiger partial charge in [-0.15, -0.1) is 0 Å². The van der Waals surface area contributed by atoms with Crippen LogP contribution in [0.15, 0.2) is 12.3 Å². The van der Waals surface area contributed by atoms with Crippen LogP contribution >= 0.6 is 0 Å². The highest BCUT2D eigenvalue weighted by Crippen LogP contribution is 2.47. The third kappa shape index (κ3) is 2.66. The van der Waals surface area contributed by atoms with Crippen molar-refractivity contribution < 1.29 is 4.43 Å². The molecule has 0 spiro atoms. The first kappa shape index (κ1) is 12.8. The quantitative estimate of drug-likeness (QED) is 0.493. The zero-order chi connectivity index (χ0) is 11.9. The molecule has 0 atom stereocenters.